The molecule has 0 saturated heterocycles. The van der Waals surface area contributed by atoms with E-state index in [4.69, 9.17) is 4.74 Å². The molecule has 1 heterocycles. The largest absolute Gasteiger partial charge is 0.462 e. The number of carbonyl (C=O) groups is 2. The monoisotopic (exact) mass is 339 g/mol. The lowest BCUT2D eigenvalue weighted by Crippen LogP contribution is -2.39. The number of hydrogen-bond acceptors (Lipinski definition) is 4. The van der Waals surface area contributed by atoms with Crippen LogP contribution in [-0.2, 0) is 14.3 Å². The topological polar surface area (TPSA) is 55.7 Å². The molecular weight excluding hydrogens is 314 g/mol. The van der Waals surface area contributed by atoms with Crippen LogP contribution in [0.4, 0.5) is 0 Å². The maximum Gasteiger partial charge on any atom is 0.336 e. The summed E-state index contributed by atoms with van der Waals surface area (Å²) in [7, 11) is 0. The number of fused-ring (bicyclic) bond motifs is 1. The number of rotatable bonds is 4. The van der Waals surface area contributed by atoms with Crippen molar-refractivity contribution in [3.05, 3.63) is 46.7 Å². The number of hydrogen-bond donors (Lipinski definition) is 0. The Bertz CT molecular complexity index is 743. The van der Waals surface area contributed by atoms with Gasteiger partial charge in [-0.15, -0.1) is 0 Å². The van der Waals surface area contributed by atoms with Gasteiger partial charge in [-0.05, 0) is 38.7 Å². The molecule has 0 aromatic heterocycles. The molecule has 2 aliphatic rings. The second-order valence-corrected chi connectivity index (χ2v) is 6.92. The van der Waals surface area contributed by atoms with Gasteiger partial charge in [0, 0.05) is 23.7 Å². The Morgan fingerprint density at radius 1 is 1.16 bits per heavy atom. The molecule has 1 aliphatic heterocycles. The molecule has 1 aromatic carbocycles. The third-order valence-corrected chi connectivity index (χ3v) is 5.00. The van der Waals surface area contributed by atoms with Gasteiger partial charge in [0.25, 0.3) is 0 Å². The van der Waals surface area contributed by atoms with E-state index in [9.17, 15) is 9.59 Å². The highest BCUT2D eigenvalue weighted by Gasteiger charge is 2.43. The molecule has 4 heteroatoms. The van der Waals surface area contributed by atoms with Crippen molar-refractivity contribution < 1.29 is 14.3 Å². The molecule has 0 unspecified atom stereocenters. The maximum absolute atomic E-state index is 12.7. The number of nitrogens with zero attached hydrogens (tertiary/aromatic N) is 1. The Labute approximate surface area is 149 Å². The molecule has 1 fully saturated rings. The molecular formula is C21H25NO3. The SMILES string of the molecule is CCCOC(=O)C1=C(C)N=C2CCCC(=O)[C@@H]2[C@@H]1c1ccc(C)cc1. The molecule has 2 atom stereocenters. The van der Waals surface area contributed by atoms with Crippen LogP contribution in [0.2, 0.25) is 0 Å². The summed E-state index contributed by atoms with van der Waals surface area (Å²) in [6, 6.07) is 8.09. The molecule has 1 aliphatic carbocycles. The van der Waals surface area contributed by atoms with Gasteiger partial charge in [0.15, 0.2) is 0 Å². The van der Waals surface area contributed by atoms with Crippen LogP contribution in [0.3, 0.4) is 0 Å². The second-order valence-electron chi connectivity index (χ2n) is 6.92. The van der Waals surface area contributed by atoms with Gasteiger partial charge in [-0.25, -0.2) is 4.79 Å². The average Bonchev–Trinajstić information content (AvgIpc) is 2.59. The van der Waals surface area contributed by atoms with Crippen LogP contribution in [0.25, 0.3) is 0 Å². The Hall–Kier alpha value is -2.23. The number of aliphatic imine (C=N–C) groups is 1. The van der Waals surface area contributed by atoms with Crippen molar-refractivity contribution in [3.8, 4) is 0 Å². The van der Waals surface area contributed by atoms with Gasteiger partial charge in [-0.3, -0.25) is 9.79 Å². The lowest BCUT2D eigenvalue weighted by molar-refractivity contribution is -0.139. The van der Waals surface area contributed by atoms with E-state index >= 15 is 0 Å². The number of benzene rings is 1. The van der Waals surface area contributed by atoms with Crippen LogP contribution < -0.4 is 0 Å². The summed E-state index contributed by atoms with van der Waals surface area (Å²) in [5.74, 6) is -0.774. The molecule has 0 spiro atoms. The van der Waals surface area contributed by atoms with Gasteiger partial charge in [-0.2, -0.15) is 0 Å². The first-order valence-corrected chi connectivity index (χ1v) is 9.07. The lowest BCUT2D eigenvalue weighted by atomic mass is 9.69. The van der Waals surface area contributed by atoms with E-state index in [0.717, 1.165) is 36.1 Å². The lowest BCUT2D eigenvalue weighted by Gasteiger charge is -2.35. The molecule has 25 heavy (non-hydrogen) atoms. The zero-order valence-corrected chi connectivity index (χ0v) is 15.2. The normalized spacial score (nSPS) is 23.2. The molecule has 1 aromatic rings. The van der Waals surface area contributed by atoms with E-state index in [-0.39, 0.29) is 23.6 Å². The molecule has 0 bridgehead atoms. The van der Waals surface area contributed by atoms with Crippen molar-refractivity contribution >= 4 is 17.5 Å². The van der Waals surface area contributed by atoms with Crippen LogP contribution in [0.1, 0.15) is 56.6 Å². The highest BCUT2D eigenvalue weighted by atomic mass is 16.5. The van der Waals surface area contributed by atoms with Gasteiger partial charge in [0.05, 0.1) is 18.1 Å². The first-order valence-electron chi connectivity index (χ1n) is 9.07. The molecule has 4 nitrogen and oxygen atoms in total. The van der Waals surface area contributed by atoms with Crippen LogP contribution in [0, 0.1) is 12.8 Å². The first-order chi connectivity index (χ1) is 12.0. The third-order valence-electron chi connectivity index (χ3n) is 5.00. The Balaban J connectivity index is 2.09. The average molecular weight is 339 g/mol. The summed E-state index contributed by atoms with van der Waals surface area (Å²) in [6.45, 7) is 6.23. The van der Waals surface area contributed by atoms with E-state index in [1.165, 1.54) is 0 Å². The number of esters is 1. The third kappa shape index (κ3) is 3.44. The summed E-state index contributed by atoms with van der Waals surface area (Å²) in [6.07, 6.45) is 3.00. The molecule has 0 amide bonds. The summed E-state index contributed by atoms with van der Waals surface area (Å²) >= 11 is 0. The van der Waals surface area contributed by atoms with E-state index in [0.29, 0.717) is 24.3 Å². The number of Topliss-reactive ketones (excluding diaryl/α,β-unsaturated/α-hetero) is 1. The Kier molecular flexibility index (Phi) is 5.16. The number of carbonyl (C=O) groups excluding carboxylic acids is 2. The summed E-state index contributed by atoms with van der Waals surface area (Å²) in [5.41, 5.74) is 4.29. The van der Waals surface area contributed by atoms with Gasteiger partial charge in [0.2, 0.25) is 0 Å². The van der Waals surface area contributed by atoms with Gasteiger partial charge in [0.1, 0.15) is 5.78 Å². The van der Waals surface area contributed by atoms with Crippen LogP contribution >= 0.6 is 0 Å². The molecule has 0 N–H and O–H groups in total. The van der Waals surface area contributed by atoms with Crippen molar-refractivity contribution in [3.63, 3.8) is 0 Å². The molecule has 0 radical (unpaired) electrons. The summed E-state index contributed by atoms with van der Waals surface area (Å²) in [5, 5.41) is 0. The minimum Gasteiger partial charge on any atom is -0.462 e. The van der Waals surface area contributed by atoms with Crippen molar-refractivity contribution in [1.82, 2.24) is 0 Å². The smallest absolute Gasteiger partial charge is 0.336 e. The van der Waals surface area contributed by atoms with Crippen LogP contribution in [0.15, 0.2) is 40.5 Å². The minimum absolute atomic E-state index is 0.184. The van der Waals surface area contributed by atoms with E-state index in [1.54, 1.807) is 0 Å². The summed E-state index contributed by atoms with van der Waals surface area (Å²) < 4.78 is 5.41. The molecule has 3 rings (SSSR count). The zero-order chi connectivity index (χ0) is 18.0. The highest BCUT2D eigenvalue weighted by Crippen LogP contribution is 2.43. The number of allylic oxidation sites excluding steroid dienone is 1. The summed E-state index contributed by atoms with van der Waals surface area (Å²) in [4.78, 5) is 30.1. The van der Waals surface area contributed by atoms with E-state index < -0.39 is 0 Å². The van der Waals surface area contributed by atoms with E-state index in [2.05, 4.69) is 4.99 Å². The van der Waals surface area contributed by atoms with Gasteiger partial charge >= 0.3 is 5.97 Å². The van der Waals surface area contributed by atoms with E-state index in [1.807, 2.05) is 45.0 Å². The number of aryl methyl sites for hydroxylation is 1. The standard InChI is InChI=1S/C21H25NO3/c1-4-12-25-21(24)18-14(3)22-16-6-5-7-17(23)20(16)19(18)15-10-8-13(2)9-11-15/h8-11,19-20H,4-7,12H2,1-3H3/t19-,20-/m1/s1. The first kappa shape index (κ1) is 17.6. The van der Waals surface area contributed by atoms with Gasteiger partial charge < -0.3 is 4.74 Å². The molecule has 132 valence electrons. The second kappa shape index (κ2) is 7.34. The minimum atomic E-state index is -0.342. The van der Waals surface area contributed by atoms with Crippen LogP contribution in [0.5, 0.6) is 0 Å². The number of ketones is 1. The predicted octanol–water partition coefficient (Wildman–Crippen LogP) is 4.13. The van der Waals surface area contributed by atoms with Crippen molar-refractivity contribution in [1.29, 1.82) is 0 Å². The predicted molar refractivity (Wildman–Crippen MR) is 97.7 cm³/mol. The Morgan fingerprint density at radius 2 is 1.88 bits per heavy atom. The van der Waals surface area contributed by atoms with Crippen molar-refractivity contribution in [2.24, 2.45) is 10.9 Å². The van der Waals surface area contributed by atoms with Gasteiger partial charge in [-0.1, -0.05) is 36.8 Å². The number of ether oxygens (including phenoxy) is 1. The fourth-order valence-electron chi connectivity index (χ4n) is 3.79. The fourth-order valence-corrected chi connectivity index (χ4v) is 3.79. The Morgan fingerprint density at radius 3 is 2.56 bits per heavy atom. The quantitative estimate of drug-likeness (QED) is 0.775. The fraction of sp³-hybridized carbons (Fsp3) is 0.476. The van der Waals surface area contributed by atoms with Crippen molar-refractivity contribution in [2.75, 3.05) is 6.61 Å². The zero-order valence-electron chi connectivity index (χ0n) is 15.2. The highest BCUT2D eigenvalue weighted by molar-refractivity contribution is 6.11. The van der Waals surface area contributed by atoms with Crippen LogP contribution in [-0.4, -0.2) is 24.1 Å². The molecule has 1 saturated carbocycles. The van der Waals surface area contributed by atoms with Crippen molar-refractivity contribution in [2.45, 2.75) is 52.4 Å². The maximum atomic E-state index is 12.7.